The molecule has 1 aromatic heterocycles. The average Bonchev–Trinajstić information content (AvgIpc) is 2.61. The number of likely N-dealkylation sites (tertiary alicyclic amines) is 1. The molecule has 0 N–H and O–H groups in total. The fourth-order valence-corrected chi connectivity index (χ4v) is 3.39. The average molecular weight is 327 g/mol. The number of benzene rings is 1. The number of pyridine rings is 1. The van der Waals surface area contributed by atoms with Crippen LogP contribution in [0.2, 0.25) is 0 Å². The number of ether oxygens (including phenoxy) is 1. The van der Waals surface area contributed by atoms with Gasteiger partial charge in [-0.05, 0) is 45.1 Å². The third-order valence-corrected chi connectivity index (χ3v) is 4.92. The highest BCUT2D eigenvalue weighted by Gasteiger charge is 2.22. The first-order valence-electron chi connectivity index (χ1n) is 8.45. The highest BCUT2D eigenvalue weighted by Crippen LogP contribution is 2.30. The first-order chi connectivity index (χ1) is 11.6. The van der Waals surface area contributed by atoms with Crippen LogP contribution in [-0.2, 0) is 16.0 Å². The molecule has 24 heavy (non-hydrogen) atoms. The predicted octanol–water partition coefficient (Wildman–Crippen LogP) is 2.48. The Kier molecular flexibility index (Phi) is 5.00. The lowest BCUT2D eigenvalue weighted by Gasteiger charge is -2.37. The summed E-state index contributed by atoms with van der Waals surface area (Å²) in [6.45, 7) is 2.24. The first-order valence-corrected chi connectivity index (χ1v) is 8.45. The summed E-state index contributed by atoms with van der Waals surface area (Å²) in [4.78, 5) is 21.0. The van der Waals surface area contributed by atoms with Crippen molar-refractivity contribution in [3.63, 3.8) is 0 Å². The van der Waals surface area contributed by atoms with Crippen molar-refractivity contribution in [2.45, 2.75) is 25.3 Å². The zero-order chi connectivity index (χ0) is 17.1. The Morgan fingerprint density at radius 1 is 1.33 bits per heavy atom. The van der Waals surface area contributed by atoms with Crippen LogP contribution < -0.4 is 4.90 Å². The summed E-state index contributed by atoms with van der Waals surface area (Å²) in [5, 5.41) is 1.13. The molecule has 1 aliphatic heterocycles. The summed E-state index contributed by atoms with van der Waals surface area (Å²) in [5.41, 5.74) is 2.83. The molecule has 5 nitrogen and oxygen atoms in total. The number of nitrogens with zero attached hydrogens (tertiary/aromatic N) is 3. The number of anilines is 1. The van der Waals surface area contributed by atoms with Crippen molar-refractivity contribution < 1.29 is 9.53 Å². The van der Waals surface area contributed by atoms with Gasteiger partial charge >= 0.3 is 5.97 Å². The van der Waals surface area contributed by atoms with Crippen molar-refractivity contribution in [2.24, 2.45) is 0 Å². The molecule has 2 heterocycles. The second kappa shape index (κ2) is 7.18. The maximum absolute atomic E-state index is 11.7. The monoisotopic (exact) mass is 327 g/mol. The number of piperidine rings is 1. The minimum atomic E-state index is -0.259. The zero-order valence-electron chi connectivity index (χ0n) is 14.7. The number of fused-ring (bicyclic) bond motifs is 1. The van der Waals surface area contributed by atoms with E-state index in [1.54, 1.807) is 0 Å². The summed E-state index contributed by atoms with van der Waals surface area (Å²) in [6.07, 6.45) is 2.50. The van der Waals surface area contributed by atoms with Crippen molar-refractivity contribution in [1.29, 1.82) is 0 Å². The Hall–Kier alpha value is -2.14. The molecule has 0 amide bonds. The molecule has 0 unspecified atom stereocenters. The Morgan fingerprint density at radius 3 is 2.75 bits per heavy atom. The molecule has 3 rings (SSSR count). The molecule has 1 saturated heterocycles. The topological polar surface area (TPSA) is 45.7 Å². The molecule has 0 bridgehead atoms. The molecule has 2 aromatic rings. The van der Waals surface area contributed by atoms with E-state index in [1.165, 1.54) is 7.11 Å². The van der Waals surface area contributed by atoms with Crippen molar-refractivity contribution in [3.8, 4) is 0 Å². The van der Waals surface area contributed by atoms with Crippen molar-refractivity contribution in [1.82, 2.24) is 9.88 Å². The highest BCUT2D eigenvalue weighted by molar-refractivity contribution is 5.92. The molecule has 0 saturated carbocycles. The van der Waals surface area contributed by atoms with Crippen molar-refractivity contribution in [3.05, 3.63) is 36.0 Å². The number of methoxy groups -OCH3 is 1. The van der Waals surface area contributed by atoms with Gasteiger partial charge in [-0.2, -0.15) is 0 Å². The van der Waals surface area contributed by atoms with Crippen LogP contribution in [0.4, 0.5) is 5.69 Å². The number of carbonyl (C=O) groups excluding carboxylic acids is 1. The van der Waals surface area contributed by atoms with Gasteiger partial charge in [-0.25, -0.2) is 0 Å². The third-order valence-electron chi connectivity index (χ3n) is 4.92. The van der Waals surface area contributed by atoms with Crippen LogP contribution in [0.25, 0.3) is 10.9 Å². The molecule has 0 radical (unpaired) electrons. The van der Waals surface area contributed by atoms with Crippen LogP contribution >= 0.6 is 0 Å². The third kappa shape index (κ3) is 3.51. The van der Waals surface area contributed by atoms with Gasteiger partial charge in [0.25, 0.3) is 0 Å². The molecule has 1 fully saturated rings. The van der Waals surface area contributed by atoms with E-state index in [0.717, 1.165) is 48.2 Å². The zero-order valence-corrected chi connectivity index (χ0v) is 14.7. The fourth-order valence-electron chi connectivity index (χ4n) is 3.39. The first kappa shape index (κ1) is 16.7. The van der Waals surface area contributed by atoms with Gasteiger partial charge in [0.05, 0.1) is 24.7 Å². The summed E-state index contributed by atoms with van der Waals surface area (Å²) in [6, 6.07) is 10.7. The van der Waals surface area contributed by atoms with Gasteiger partial charge in [-0.1, -0.05) is 18.2 Å². The van der Waals surface area contributed by atoms with Crippen LogP contribution in [0.1, 0.15) is 18.5 Å². The smallest absolute Gasteiger partial charge is 0.311 e. The largest absolute Gasteiger partial charge is 0.469 e. The van der Waals surface area contributed by atoms with Gasteiger partial charge in [0.1, 0.15) is 0 Å². The number of aromatic nitrogens is 1. The summed E-state index contributed by atoms with van der Waals surface area (Å²) >= 11 is 0. The standard InChI is InChI=1S/C19H25N3O2/c1-21-10-8-15(9-11-21)22(2)18-12-14(13-19(23)24-3)20-17-7-5-4-6-16(17)18/h4-7,12,15H,8-11,13H2,1-3H3. The van der Waals surface area contributed by atoms with Crippen LogP contribution in [0.5, 0.6) is 0 Å². The molecule has 1 aromatic carbocycles. The van der Waals surface area contributed by atoms with Crippen LogP contribution in [0.3, 0.4) is 0 Å². The van der Waals surface area contributed by atoms with E-state index in [1.807, 2.05) is 24.3 Å². The van der Waals surface area contributed by atoms with Crippen LogP contribution in [-0.4, -0.2) is 56.2 Å². The summed E-state index contributed by atoms with van der Waals surface area (Å²) in [5.74, 6) is -0.259. The quantitative estimate of drug-likeness (QED) is 0.807. The van der Waals surface area contributed by atoms with Crippen LogP contribution in [0.15, 0.2) is 30.3 Å². The normalized spacial score (nSPS) is 16.3. The number of esters is 1. The van der Waals surface area contributed by atoms with Gasteiger partial charge in [0.2, 0.25) is 0 Å². The molecular formula is C19H25N3O2. The summed E-state index contributed by atoms with van der Waals surface area (Å²) < 4.78 is 4.80. The fraction of sp³-hybridized carbons (Fsp3) is 0.474. The van der Waals surface area contributed by atoms with E-state index in [9.17, 15) is 4.79 Å². The van der Waals surface area contributed by atoms with E-state index in [0.29, 0.717) is 6.04 Å². The van der Waals surface area contributed by atoms with E-state index < -0.39 is 0 Å². The van der Waals surface area contributed by atoms with Crippen LogP contribution in [0, 0.1) is 0 Å². The molecule has 0 spiro atoms. The number of para-hydroxylation sites is 1. The molecule has 128 valence electrons. The van der Waals surface area contributed by atoms with E-state index in [4.69, 9.17) is 4.74 Å². The van der Waals surface area contributed by atoms with Gasteiger partial charge in [0.15, 0.2) is 0 Å². The molecule has 1 aliphatic rings. The molecular weight excluding hydrogens is 302 g/mol. The highest BCUT2D eigenvalue weighted by atomic mass is 16.5. The van der Waals surface area contributed by atoms with Gasteiger partial charge in [0, 0.05) is 24.2 Å². The Labute approximate surface area is 143 Å². The minimum Gasteiger partial charge on any atom is -0.469 e. The number of carbonyl (C=O) groups is 1. The second-order valence-corrected chi connectivity index (χ2v) is 6.55. The van der Waals surface area contributed by atoms with E-state index >= 15 is 0 Å². The number of hydrogen-bond donors (Lipinski definition) is 0. The minimum absolute atomic E-state index is 0.204. The van der Waals surface area contributed by atoms with Crippen molar-refractivity contribution >= 4 is 22.6 Å². The predicted molar refractivity (Wildman–Crippen MR) is 96.4 cm³/mol. The van der Waals surface area contributed by atoms with Gasteiger partial charge < -0.3 is 14.5 Å². The maximum Gasteiger partial charge on any atom is 0.311 e. The summed E-state index contributed by atoms with van der Waals surface area (Å²) in [7, 11) is 5.74. The molecule has 0 atom stereocenters. The lowest BCUT2D eigenvalue weighted by atomic mass is 10.0. The Bertz CT molecular complexity index is 724. The molecule has 0 aliphatic carbocycles. The van der Waals surface area contributed by atoms with E-state index in [-0.39, 0.29) is 12.4 Å². The Balaban J connectivity index is 1.96. The second-order valence-electron chi connectivity index (χ2n) is 6.55. The Morgan fingerprint density at radius 2 is 2.04 bits per heavy atom. The number of hydrogen-bond acceptors (Lipinski definition) is 5. The van der Waals surface area contributed by atoms with Gasteiger partial charge in [-0.15, -0.1) is 0 Å². The SMILES string of the molecule is COC(=O)Cc1cc(N(C)C2CCN(C)CC2)c2ccccc2n1. The van der Waals surface area contributed by atoms with Gasteiger partial charge in [-0.3, -0.25) is 9.78 Å². The van der Waals surface area contributed by atoms with Crippen molar-refractivity contribution in [2.75, 3.05) is 39.2 Å². The maximum atomic E-state index is 11.7. The lowest BCUT2D eigenvalue weighted by molar-refractivity contribution is -0.139. The lowest BCUT2D eigenvalue weighted by Crippen LogP contribution is -2.42. The number of rotatable bonds is 4. The van der Waals surface area contributed by atoms with E-state index in [2.05, 4.69) is 34.9 Å². The molecule has 5 heteroatoms.